The van der Waals surface area contributed by atoms with Crippen molar-refractivity contribution in [2.24, 2.45) is 23.0 Å². The van der Waals surface area contributed by atoms with Crippen LogP contribution in [-0.2, 0) is 24.5 Å². The normalized spacial score (nSPS) is 12.6. The van der Waals surface area contributed by atoms with E-state index in [1.807, 2.05) is 35.2 Å². The van der Waals surface area contributed by atoms with Gasteiger partial charge >= 0.3 is 0 Å². The fourth-order valence-electron chi connectivity index (χ4n) is 4.60. The molecule has 0 rings (SSSR count). The minimum atomic E-state index is -4.36. The van der Waals surface area contributed by atoms with E-state index < -0.39 is 56.6 Å². The molecule has 0 saturated carbocycles. The van der Waals surface area contributed by atoms with Crippen molar-refractivity contribution >= 4 is 27.8 Å². The largest absolute Gasteiger partial charge is 1.00 e. The number of aliphatic hydroxyl groups is 1. The molecule has 0 aliphatic rings. The summed E-state index contributed by atoms with van der Waals surface area (Å²) in [6.07, 6.45) is 0.0127. The van der Waals surface area contributed by atoms with Crippen LogP contribution in [0.2, 0.25) is 0 Å². The van der Waals surface area contributed by atoms with Crippen LogP contribution in [0.25, 0.3) is 0 Å². The van der Waals surface area contributed by atoms with Crippen LogP contribution in [-0.4, -0.2) is 117 Å². The van der Waals surface area contributed by atoms with E-state index in [4.69, 9.17) is 5.73 Å². The van der Waals surface area contributed by atoms with Gasteiger partial charge in [0.25, 0.3) is 10.1 Å². The van der Waals surface area contributed by atoms with E-state index in [9.17, 15) is 32.5 Å². The highest BCUT2D eigenvalue weighted by molar-refractivity contribution is 7.85. The van der Waals surface area contributed by atoms with Gasteiger partial charge in [-0.3, -0.25) is 18.9 Å². The number of aliphatic hydroxyl groups excluding tert-OH is 1. The van der Waals surface area contributed by atoms with Crippen LogP contribution >= 0.6 is 0 Å². The molecule has 12 nitrogen and oxygen atoms in total. The van der Waals surface area contributed by atoms with E-state index in [-0.39, 0.29) is 110 Å². The van der Waals surface area contributed by atoms with Gasteiger partial charge in [-0.2, -0.15) is 8.42 Å². The molecule has 0 bridgehead atoms. The molecule has 0 aliphatic carbocycles. The summed E-state index contributed by atoms with van der Waals surface area (Å²) in [7, 11) is 5.42. The summed E-state index contributed by atoms with van der Waals surface area (Å²) in [5, 5.41) is 16.0. The molecule has 0 aromatic rings. The molecule has 0 fully saturated rings. The third kappa shape index (κ3) is 33.3. The van der Waals surface area contributed by atoms with E-state index >= 15 is 0 Å². The van der Waals surface area contributed by atoms with E-state index in [1.54, 1.807) is 20.8 Å². The zero-order valence-electron chi connectivity index (χ0n) is 25.8. The molecule has 48 heavy (non-hydrogen) atoms. The Kier molecular flexibility index (Phi) is 47.1. The summed E-state index contributed by atoms with van der Waals surface area (Å²) >= 11 is 0. The number of rotatable bonds is 17. The quantitative estimate of drug-likeness (QED) is 0.0719. The third-order valence-electron chi connectivity index (χ3n) is 6.34. The lowest BCUT2D eigenvalue weighted by Crippen LogP contribution is -3.00. The van der Waals surface area contributed by atoms with Crippen molar-refractivity contribution < 1.29 is 66.2 Å². The molecule has 3 atom stereocenters. The van der Waals surface area contributed by atoms with Gasteiger partial charge in [-0.05, 0) is 33.1 Å². The number of likely N-dealkylation sites (N-methyl/N-ethyl adjacent to an activating group) is 2. The number of nitrogens with one attached hydrogen (secondary N) is 2. The van der Waals surface area contributed by atoms with Gasteiger partial charge in [-0.1, -0.05) is 80.2 Å². The van der Waals surface area contributed by atoms with Crippen LogP contribution < -0.4 is 41.2 Å². The first-order chi connectivity index (χ1) is 16.8. The first-order valence-corrected chi connectivity index (χ1v) is 14.6. The van der Waals surface area contributed by atoms with Gasteiger partial charge in [0.15, 0.2) is 12.8 Å². The number of hydrogen-bond donors (Lipinski definition) is 5. The molecule has 3 unspecified atom stereocenters. The molecule has 6 N–H and O–H groups in total. The highest BCUT2D eigenvalue weighted by Crippen LogP contribution is 2.31. The summed E-state index contributed by atoms with van der Waals surface area (Å²) in [5.74, 6) is -3.50. The van der Waals surface area contributed by atoms with Gasteiger partial charge in [-0.25, -0.2) is 0 Å². The number of carbonyl (C=O) groups is 3. The van der Waals surface area contributed by atoms with Gasteiger partial charge in [-0.15, -0.1) is 0 Å². The molecular formula is C33H85Cl2N5O7S. The fourth-order valence-corrected chi connectivity index (χ4v) is 5.58. The summed E-state index contributed by atoms with van der Waals surface area (Å²) in [6.45, 7) is 9.35. The van der Waals surface area contributed by atoms with Crippen molar-refractivity contribution in [3.8, 4) is 0 Å². The van der Waals surface area contributed by atoms with Crippen molar-refractivity contribution in [2.75, 3.05) is 60.7 Å². The fraction of sp³-hybridized carbons (Fsp3) is 0.909. The molecule has 3 amide bonds. The molecular weight excluding hydrogens is 681 g/mol. The molecule has 304 valence electrons. The molecule has 15 heteroatoms. The van der Waals surface area contributed by atoms with Gasteiger partial charge in [0, 0.05) is 17.3 Å². The lowest BCUT2D eigenvalue weighted by molar-refractivity contribution is -0.908. The SMILES string of the molecule is C.C.C.C.C.C.C.C.CCC(CC(CC(C)(C)C(=O)NC[N+](C)(C)CC(O)C[N+](C)(C)C)C(=O)NC(C)(C)CS(=O)(=O)O)C(N)=O.[Cl-].[Cl-]. The summed E-state index contributed by atoms with van der Waals surface area (Å²) in [5.41, 5.74) is 3.22. The molecule has 0 radical (unpaired) electrons. The predicted octanol–water partition coefficient (Wildman–Crippen LogP) is -0.983. The average molecular weight is 767 g/mol. The van der Waals surface area contributed by atoms with Crippen molar-refractivity contribution in [2.45, 2.75) is 125 Å². The van der Waals surface area contributed by atoms with Gasteiger partial charge in [0.1, 0.15) is 13.1 Å². The summed E-state index contributed by atoms with van der Waals surface area (Å²) in [6, 6.07) is 0. The average Bonchev–Trinajstić information content (AvgIpc) is 2.64. The Balaban J connectivity index is -0.000000152. The predicted molar refractivity (Wildman–Crippen MR) is 201 cm³/mol. The van der Waals surface area contributed by atoms with Crippen LogP contribution in [0.4, 0.5) is 0 Å². The van der Waals surface area contributed by atoms with Crippen LogP contribution in [0.15, 0.2) is 0 Å². The van der Waals surface area contributed by atoms with Crippen LogP contribution in [0.1, 0.15) is 113 Å². The number of amides is 3. The van der Waals surface area contributed by atoms with E-state index in [2.05, 4.69) is 10.6 Å². The maximum atomic E-state index is 13.3. The highest BCUT2D eigenvalue weighted by atomic mass is 35.5. The number of hydrogen-bond acceptors (Lipinski definition) is 6. The number of nitrogens with zero attached hydrogens (tertiary/aromatic N) is 2. The van der Waals surface area contributed by atoms with Crippen molar-refractivity contribution in [1.29, 1.82) is 0 Å². The number of carbonyl (C=O) groups excluding carboxylic acids is 3. The van der Waals surface area contributed by atoms with Gasteiger partial charge in [0.05, 0.1) is 46.5 Å². The Morgan fingerprint density at radius 1 is 0.812 bits per heavy atom. The number of quaternary nitrogens is 2. The number of primary amides is 1. The smallest absolute Gasteiger partial charge is 0.267 e. The topological polar surface area (TPSA) is 176 Å². The van der Waals surface area contributed by atoms with E-state index in [0.29, 0.717) is 28.5 Å². The van der Waals surface area contributed by atoms with Crippen LogP contribution in [0.5, 0.6) is 0 Å². The highest BCUT2D eigenvalue weighted by Gasteiger charge is 2.38. The maximum absolute atomic E-state index is 13.3. The Hall–Kier alpha value is -1.22. The molecule has 0 aromatic heterocycles. The van der Waals surface area contributed by atoms with Crippen molar-refractivity contribution in [3.05, 3.63) is 0 Å². The second kappa shape index (κ2) is 29.5. The lowest BCUT2D eigenvalue weighted by atomic mass is 9.77. The molecule has 0 aliphatic heterocycles. The standard InChI is InChI=1S/C25H51N5O7S.8CH4.2ClH/c1-11-18(21(26)32)12-19(22(33)28-25(4,5)16-38(35,36)37)13-24(2,3)23(34)27-17-30(9,10)15-20(31)14-29(6,7)8;;;;;;;;;;/h18-20,31H,11-17H2,1-10H3,(H3-2,26,27,28,32,33,34,35,36,37);8*1H4;2*1H. The Morgan fingerprint density at radius 3 is 1.56 bits per heavy atom. The second-order valence-corrected chi connectivity index (χ2v) is 15.0. The Bertz CT molecular complexity index is 943. The molecule has 0 spiro atoms. The van der Waals surface area contributed by atoms with Gasteiger partial charge < -0.3 is 55.3 Å². The number of halogens is 2. The minimum absolute atomic E-state index is 0. The Labute approximate surface area is 312 Å². The first kappa shape index (κ1) is 76.6. The summed E-state index contributed by atoms with van der Waals surface area (Å²) in [4.78, 5) is 38.4. The molecule has 0 saturated heterocycles. The van der Waals surface area contributed by atoms with E-state index in [0.717, 1.165) is 0 Å². The monoisotopic (exact) mass is 766 g/mol. The maximum Gasteiger partial charge on any atom is 0.267 e. The zero-order chi connectivity index (χ0) is 30.3. The van der Waals surface area contributed by atoms with E-state index in [1.165, 1.54) is 13.8 Å². The number of nitrogens with two attached hydrogens (primary N) is 1. The minimum Gasteiger partial charge on any atom is -1.00 e. The second-order valence-electron chi connectivity index (χ2n) is 13.5. The van der Waals surface area contributed by atoms with Crippen LogP contribution in [0.3, 0.4) is 0 Å². The van der Waals surface area contributed by atoms with Gasteiger partial charge in [0.2, 0.25) is 17.7 Å². The first-order valence-electron chi connectivity index (χ1n) is 12.9. The lowest BCUT2D eigenvalue weighted by Gasteiger charge is -2.36. The van der Waals surface area contributed by atoms with Crippen LogP contribution in [0, 0.1) is 17.3 Å². The molecule has 0 aromatic carbocycles. The van der Waals surface area contributed by atoms with Crippen molar-refractivity contribution in [1.82, 2.24) is 10.6 Å². The summed E-state index contributed by atoms with van der Waals surface area (Å²) < 4.78 is 33.0. The zero-order valence-corrected chi connectivity index (χ0v) is 28.1. The Morgan fingerprint density at radius 2 is 1.23 bits per heavy atom. The molecule has 0 heterocycles. The third-order valence-corrected chi connectivity index (χ3v) is 7.43. The van der Waals surface area contributed by atoms with Crippen molar-refractivity contribution in [3.63, 3.8) is 0 Å².